The molecule has 104 valence electrons. The van der Waals surface area contributed by atoms with Crippen LogP contribution in [0, 0.1) is 5.82 Å². The van der Waals surface area contributed by atoms with Crippen molar-refractivity contribution in [1.82, 2.24) is 0 Å². The molecule has 0 aliphatic heterocycles. The highest BCUT2D eigenvalue weighted by atomic mass is 35.5. The first-order valence-corrected chi connectivity index (χ1v) is 6.38. The van der Waals surface area contributed by atoms with Crippen molar-refractivity contribution in [3.8, 4) is 0 Å². The van der Waals surface area contributed by atoms with Gasteiger partial charge in [-0.15, -0.1) is 0 Å². The zero-order chi connectivity index (χ0) is 14.7. The predicted molar refractivity (Wildman–Crippen MR) is 76.4 cm³/mol. The Hall–Kier alpha value is -1.78. The van der Waals surface area contributed by atoms with E-state index >= 15 is 0 Å². The van der Waals surface area contributed by atoms with Crippen molar-refractivity contribution in [3.63, 3.8) is 0 Å². The van der Waals surface area contributed by atoms with Gasteiger partial charge in [0.2, 0.25) is 0 Å². The van der Waals surface area contributed by atoms with Gasteiger partial charge in [-0.2, -0.15) is 0 Å². The number of hydrogen-bond donors (Lipinski definition) is 1. The molecule has 2 rings (SSSR count). The van der Waals surface area contributed by atoms with Crippen molar-refractivity contribution in [1.29, 1.82) is 0 Å². The second-order valence-corrected chi connectivity index (χ2v) is 4.91. The smallest absolute Gasteiger partial charge is 0.338 e. The van der Waals surface area contributed by atoms with Crippen LogP contribution >= 0.6 is 23.2 Å². The summed E-state index contributed by atoms with van der Waals surface area (Å²) in [5, 5.41) is 0.787. The molecule has 3 nitrogen and oxygen atoms in total. The minimum absolute atomic E-state index is 0.00609. The molecule has 20 heavy (non-hydrogen) atoms. The van der Waals surface area contributed by atoms with E-state index in [1.807, 2.05) is 0 Å². The summed E-state index contributed by atoms with van der Waals surface area (Å²) in [5.41, 5.74) is 6.36. The summed E-state index contributed by atoms with van der Waals surface area (Å²) in [7, 11) is 0. The number of rotatable bonds is 3. The number of nitrogen functional groups attached to an aromatic ring is 1. The van der Waals surface area contributed by atoms with Gasteiger partial charge >= 0.3 is 5.97 Å². The molecule has 0 heterocycles. The SMILES string of the molecule is Nc1cc(F)cc(C(=O)OCc2ccc(Cl)c(Cl)c2)c1. The second-order valence-electron chi connectivity index (χ2n) is 4.10. The standard InChI is InChI=1S/C14H10Cl2FNO2/c15-12-2-1-8(3-13(12)16)7-20-14(19)9-4-10(17)6-11(18)5-9/h1-6H,7,18H2. The molecule has 0 aliphatic rings. The molecular formula is C14H10Cl2FNO2. The summed E-state index contributed by atoms with van der Waals surface area (Å²) in [4.78, 5) is 11.8. The van der Waals surface area contributed by atoms with Crippen molar-refractivity contribution in [3.05, 3.63) is 63.4 Å². The summed E-state index contributed by atoms with van der Waals surface area (Å²) < 4.78 is 18.2. The normalized spacial score (nSPS) is 10.3. The Bertz CT molecular complexity index is 641. The lowest BCUT2D eigenvalue weighted by molar-refractivity contribution is 0.0472. The lowest BCUT2D eigenvalue weighted by atomic mass is 10.2. The van der Waals surface area contributed by atoms with E-state index in [0.717, 1.165) is 12.1 Å². The zero-order valence-corrected chi connectivity index (χ0v) is 11.7. The van der Waals surface area contributed by atoms with Crippen LogP contribution in [0.15, 0.2) is 36.4 Å². The van der Waals surface area contributed by atoms with Crippen molar-refractivity contribution in [2.24, 2.45) is 0 Å². The first kappa shape index (κ1) is 14.6. The number of hydrogen-bond acceptors (Lipinski definition) is 3. The average molecular weight is 314 g/mol. The molecule has 0 fully saturated rings. The number of benzene rings is 2. The van der Waals surface area contributed by atoms with E-state index in [1.165, 1.54) is 6.07 Å². The lowest BCUT2D eigenvalue weighted by Gasteiger charge is -2.07. The van der Waals surface area contributed by atoms with E-state index in [-0.39, 0.29) is 17.9 Å². The maximum Gasteiger partial charge on any atom is 0.338 e. The van der Waals surface area contributed by atoms with Crippen LogP contribution in [0.5, 0.6) is 0 Å². The number of carbonyl (C=O) groups is 1. The van der Waals surface area contributed by atoms with E-state index < -0.39 is 11.8 Å². The van der Waals surface area contributed by atoms with Gasteiger partial charge in [-0.05, 0) is 35.9 Å². The van der Waals surface area contributed by atoms with Gasteiger partial charge in [-0.3, -0.25) is 0 Å². The van der Waals surface area contributed by atoms with Gasteiger partial charge in [0, 0.05) is 5.69 Å². The Morgan fingerprint density at radius 2 is 1.90 bits per heavy atom. The molecule has 2 aromatic rings. The van der Waals surface area contributed by atoms with Gasteiger partial charge < -0.3 is 10.5 Å². The molecule has 0 amide bonds. The number of anilines is 1. The van der Waals surface area contributed by atoms with Crippen molar-refractivity contribution in [2.45, 2.75) is 6.61 Å². The largest absolute Gasteiger partial charge is 0.457 e. The quantitative estimate of drug-likeness (QED) is 0.686. The summed E-state index contributed by atoms with van der Waals surface area (Å²) in [6.07, 6.45) is 0. The molecule has 0 atom stereocenters. The molecular weight excluding hydrogens is 304 g/mol. The fourth-order valence-electron chi connectivity index (χ4n) is 1.59. The van der Waals surface area contributed by atoms with E-state index in [9.17, 15) is 9.18 Å². The topological polar surface area (TPSA) is 52.3 Å². The third kappa shape index (κ3) is 3.62. The van der Waals surface area contributed by atoms with Crippen LogP contribution < -0.4 is 5.73 Å². The molecule has 2 aromatic carbocycles. The van der Waals surface area contributed by atoms with E-state index in [4.69, 9.17) is 33.7 Å². The van der Waals surface area contributed by atoms with Crippen molar-refractivity contribution < 1.29 is 13.9 Å². The molecule has 0 bridgehead atoms. The van der Waals surface area contributed by atoms with Gasteiger partial charge in [0.25, 0.3) is 0 Å². The van der Waals surface area contributed by atoms with Crippen molar-refractivity contribution >= 4 is 34.9 Å². The molecule has 0 radical (unpaired) electrons. The van der Waals surface area contributed by atoms with Gasteiger partial charge in [0.15, 0.2) is 0 Å². The molecule has 2 N–H and O–H groups in total. The first-order valence-electron chi connectivity index (χ1n) is 5.63. The number of nitrogens with two attached hydrogens (primary N) is 1. The van der Waals surface area contributed by atoms with Crippen LogP contribution in [0.1, 0.15) is 15.9 Å². The van der Waals surface area contributed by atoms with Crippen molar-refractivity contribution in [2.75, 3.05) is 5.73 Å². The van der Waals surface area contributed by atoms with Crippen LogP contribution in [0.2, 0.25) is 10.0 Å². The molecule has 0 saturated heterocycles. The third-order valence-electron chi connectivity index (χ3n) is 2.51. The number of halogens is 3. The zero-order valence-electron chi connectivity index (χ0n) is 10.2. The Balaban J connectivity index is 2.06. The molecule has 0 aliphatic carbocycles. The Morgan fingerprint density at radius 1 is 1.15 bits per heavy atom. The maximum absolute atomic E-state index is 13.1. The highest BCUT2D eigenvalue weighted by Crippen LogP contribution is 2.23. The van der Waals surface area contributed by atoms with Crippen LogP contribution in [-0.4, -0.2) is 5.97 Å². The molecule has 0 unspecified atom stereocenters. The fourth-order valence-corrected chi connectivity index (χ4v) is 1.91. The van der Waals surface area contributed by atoms with Gasteiger partial charge in [-0.25, -0.2) is 9.18 Å². The Kier molecular flexibility index (Phi) is 4.47. The summed E-state index contributed by atoms with van der Waals surface area (Å²) in [6, 6.07) is 8.41. The molecule has 0 saturated carbocycles. The average Bonchev–Trinajstić information content (AvgIpc) is 2.38. The third-order valence-corrected chi connectivity index (χ3v) is 3.25. The highest BCUT2D eigenvalue weighted by Gasteiger charge is 2.10. The van der Waals surface area contributed by atoms with Gasteiger partial charge in [-0.1, -0.05) is 29.3 Å². The van der Waals surface area contributed by atoms with Crippen LogP contribution in [0.25, 0.3) is 0 Å². The van der Waals surface area contributed by atoms with Crippen LogP contribution in [0.4, 0.5) is 10.1 Å². The number of ether oxygens (including phenoxy) is 1. The molecule has 6 heteroatoms. The van der Waals surface area contributed by atoms with Gasteiger partial charge in [0.1, 0.15) is 12.4 Å². The van der Waals surface area contributed by atoms with Gasteiger partial charge in [0.05, 0.1) is 15.6 Å². The number of carbonyl (C=O) groups excluding carboxylic acids is 1. The Labute approximate surface area is 125 Å². The maximum atomic E-state index is 13.1. The summed E-state index contributed by atoms with van der Waals surface area (Å²) in [5.74, 6) is -1.26. The molecule has 0 aromatic heterocycles. The van der Waals surface area contributed by atoms with E-state index in [0.29, 0.717) is 15.6 Å². The predicted octanol–water partition coefficient (Wildman–Crippen LogP) is 4.07. The fraction of sp³-hybridized carbons (Fsp3) is 0.0714. The monoisotopic (exact) mass is 313 g/mol. The summed E-state index contributed by atoms with van der Waals surface area (Å²) in [6.45, 7) is 0.00609. The Morgan fingerprint density at radius 3 is 2.55 bits per heavy atom. The highest BCUT2D eigenvalue weighted by molar-refractivity contribution is 6.42. The van der Waals surface area contributed by atoms with Crippen LogP contribution in [0.3, 0.4) is 0 Å². The van der Waals surface area contributed by atoms with Crippen LogP contribution in [-0.2, 0) is 11.3 Å². The minimum Gasteiger partial charge on any atom is -0.457 e. The van der Waals surface area contributed by atoms with E-state index in [1.54, 1.807) is 18.2 Å². The lowest BCUT2D eigenvalue weighted by Crippen LogP contribution is -2.06. The number of esters is 1. The van der Waals surface area contributed by atoms with E-state index in [2.05, 4.69) is 0 Å². The summed E-state index contributed by atoms with van der Waals surface area (Å²) >= 11 is 11.6. The second kappa shape index (κ2) is 6.11. The first-order chi connectivity index (χ1) is 9.45. The molecule has 0 spiro atoms. The minimum atomic E-state index is -0.665.